The Bertz CT molecular complexity index is 663. The van der Waals surface area contributed by atoms with Gasteiger partial charge in [-0.15, -0.1) is 0 Å². The van der Waals surface area contributed by atoms with Crippen molar-refractivity contribution in [1.82, 2.24) is 4.31 Å². The van der Waals surface area contributed by atoms with Crippen molar-refractivity contribution in [3.63, 3.8) is 0 Å². The molecule has 0 amide bonds. The van der Waals surface area contributed by atoms with Gasteiger partial charge in [-0.2, -0.15) is 4.31 Å². The molecule has 114 valence electrons. The van der Waals surface area contributed by atoms with E-state index in [0.29, 0.717) is 30.4 Å². The number of hydrogen-bond donors (Lipinski definition) is 1. The third-order valence-corrected chi connectivity index (χ3v) is 5.80. The van der Waals surface area contributed by atoms with Gasteiger partial charge in [-0.1, -0.05) is 18.8 Å². The molecule has 5 heteroatoms. The van der Waals surface area contributed by atoms with Crippen molar-refractivity contribution in [2.45, 2.75) is 31.6 Å². The lowest BCUT2D eigenvalue weighted by Gasteiger charge is -2.29. The van der Waals surface area contributed by atoms with Gasteiger partial charge in [0.05, 0.1) is 11.4 Å². The molecular weight excluding hydrogens is 284 g/mol. The van der Waals surface area contributed by atoms with Crippen molar-refractivity contribution in [3.8, 4) is 11.8 Å². The maximum atomic E-state index is 12.6. The van der Waals surface area contributed by atoms with E-state index in [2.05, 4.69) is 18.8 Å². The molecule has 1 fully saturated rings. The second-order valence-electron chi connectivity index (χ2n) is 5.57. The van der Waals surface area contributed by atoms with Crippen LogP contribution >= 0.6 is 0 Å². The molecule has 1 aliphatic rings. The summed E-state index contributed by atoms with van der Waals surface area (Å²) >= 11 is 0. The first kappa shape index (κ1) is 16.0. The molecule has 1 aliphatic heterocycles. The SMILES string of the molecule is Cc1cc(S(=O)(=O)N2CCC(C)CC2)ccc1C#CCN. The van der Waals surface area contributed by atoms with Crippen molar-refractivity contribution in [1.29, 1.82) is 0 Å². The van der Waals surface area contributed by atoms with Gasteiger partial charge in [-0.3, -0.25) is 0 Å². The zero-order chi connectivity index (χ0) is 15.5. The normalized spacial score (nSPS) is 17.3. The second-order valence-corrected chi connectivity index (χ2v) is 7.51. The topological polar surface area (TPSA) is 63.4 Å². The summed E-state index contributed by atoms with van der Waals surface area (Å²) < 4.78 is 26.9. The van der Waals surface area contributed by atoms with Crippen LogP contribution in [0.1, 0.15) is 30.9 Å². The number of nitrogens with two attached hydrogens (primary N) is 1. The van der Waals surface area contributed by atoms with Gasteiger partial charge in [-0.05, 0) is 49.4 Å². The first-order valence-corrected chi connectivity index (χ1v) is 8.69. The summed E-state index contributed by atoms with van der Waals surface area (Å²) in [5.41, 5.74) is 7.05. The molecule has 1 aromatic carbocycles. The number of sulfonamides is 1. The average Bonchev–Trinajstić information content (AvgIpc) is 2.46. The predicted molar refractivity (Wildman–Crippen MR) is 84.3 cm³/mol. The second kappa shape index (κ2) is 6.61. The molecule has 1 aromatic rings. The van der Waals surface area contributed by atoms with Gasteiger partial charge >= 0.3 is 0 Å². The third-order valence-electron chi connectivity index (χ3n) is 3.90. The lowest BCUT2D eigenvalue weighted by Crippen LogP contribution is -2.37. The standard InChI is InChI=1S/C16H22N2O2S/c1-13-7-10-18(11-8-13)21(19,20)16-6-5-15(4-3-9-17)14(2)12-16/h5-6,12-13H,7-11,17H2,1-2H3. The van der Waals surface area contributed by atoms with Gasteiger partial charge in [0.2, 0.25) is 10.0 Å². The highest BCUT2D eigenvalue weighted by Crippen LogP contribution is 2.24. The Hall–Kier alpha value is -1.35. The Balaban J connectivity index is 2.26. The first-order valence-electron chi connectivity index (χ1n) is 7.25. The van der Waals surface area contributed by atoms with Gasteiger partial charge in [0, 0.05) is 18.7 Å². The molecular formula is C16H22N2O2S. The molecule has 0 unspecified atom stereocenters. The highest BCUT2D eigenvalue weighted by molar-refractivity contribution is 7.89. The fraction of sp³-hybridized carbons (Fsp3) is 0.500. The molecule has 1 saturated heterocycles. The van der Waals surface area contributed by atoms with E-state index >= 15 is 0 Å². The molecule has 0 aliphatic carbocycles. The monoisotopic (exact) mass is 306 g/mol. The summed E-state index contributed by atoms with van der Waals surface area (Å²) in [6.07, 6.45) is 1.86. The zero-order valence-corrected chi connectivity index (χ0v) is 13.4. The van der Waals surface area contributed by atoms with E-state index in [1.54, 1.807) is 22.5 Å². The van der Waals surface area contributed by atoms with E-state index in [1.165, 1.54) is 0 Å². The quantitative estimate of drug-likeness (QED) is 0.846. The fourth-order valence-electron chi connectivity index (χ4n) is 2.46. The van der Waals surface area contributed by atoms with E-state index in [9.17, 15) is 8.42 Å². The molecule has 4 nitrogen and oxygen atoms in total. The molecule has 0 spiro atoms. The Labute approximate surface area is 127 Å². The maximum absolute atomic E-state index is 12.6. The van der Waals surface area contributed by atoms with Gasteiger partial charge in [0.25, 0.3) is 0 Å². The molecule has 0 bridgehead atoms. The van der Waals surface area contributed by atoms with Crippen LogP contribution in [0.5, 0.6) is 0 Å². The minimum absolute atomic E-state index is 0.297. The zero-order valence-electron chi connectivity index (χ0n) is 12.6. The van der Waals surface area contributed by atoms with Crippen LogP contribution < -0.4 is 5.73 Å². The third kappa shape index (κ3) is 3.65. The predicted octanol–water partition coefficient (Wildman–Crippen LogP) is 1.73. The summed E-state index contributed by atoms with van der Waals surface area (Å²) in [4.78, 5) is 0.354. The number of hydrogen-bond acceptors (Lipinski definition) is 3. The van der Waals surface area contributed by atoms with Crippen LogP contribution in [0.4, 0.5) is 0 Å². The van der Waals surface area contributed by atoms with Crippen molar-refractivity contribution in [2.75, 3.05) is 19.6 Å². The molecule has 1 heterocycles. The molecule has 0 saturated carbocycles. The van der Waals surface area contributed by atoms with Crippen LogP contribution in [-0.2, 0) is 10.0 Å². The largest absolute Gasteiger partial charge is 0.320 e. The first-order chi connectivity index (χ1) is 9.95. The molecule has 0 atom stereocenters. The van der Waals surface area contributed by atoms with E-state index in [4.69, 9.17) is 5.73 Å². The Kier molecular flexibility index (Phi) is 5.04. The Morgan fingerprint density at radius 1 is 1.33 bits per heavy atom. The van der Waals surface area contributed by atoms with Crippen LogP contribution in [0.15, 0.2) is 23.1 Å². The van der Waals surface area contributed by atoms with Gasteiger partial charge in [-0.25, -0.2) is 8.42 Å². The van der Waals surface area contributed by atoms with Crippen LogP contribution in [0.2, 0.25) is 0 Å². The van der Waals surface area contributed by atoms with Crippen LogP contribution in [0, 0.1) is 24.7 Å². The summed E-state index contributed by atoms with van der Waals surface area (Å²) in [6.45, 7) is 5.55. The van der Waals surface area contributed by atoms with Gasteiger partial charge < -0.3 is 5.73 Å². The molecule has 0 aromatic heterocycles. The maximum Gasteiger partial charge on any atom is 0.243 e. The highest BCUT2D eigenvalue weighted by atomic mass is 32.2. The summed E-state index contributed by atoms with van der Waals surface area (Å²) in [5.74, 6) is 6.35. The van der Waals surface area contributed by atoms with E-state index in [1.807, 2.05) is 6.92 Å². The number of aryl methyl sites for hydroxylation is 1. The van der Waals surface area contributed by atoms with E-state index in [-0.39, 0.29) is 0 Å². The number of piperidine rings is 1. The van der Waals surface area contributed by atoms with Crippen molar-refractivity contribution < 1.29 is 8.42 Å². The average molecular weight is 306 g/mol. The van der Waals surface area contributed by atoms with Crippen molar-refractivity contribution in [3.05, 3.63) is 29.3 Å². The molecule has 21 heavy (non-hydrogen) atoms. The highest BCUT2D eigenvalue weighted by Gasteiger charge is 2.28. The van der Waals surface area contributed by atoms with E-state index in [0.717, 1.165) is 24.0 Å². The lowest BCUT2D eigenvalue weighted by atomic mass is 10.0. The van der Waals surface area contributed by atoms with Crippen LogP contribution in [-0.4, -0.2) is 32.4 Å². The van der Waals surface area contributed by atoms with Crippen LogP contribution in [0.25, 0.3) is 0 Å². The summed E-state index contributed by atoms with van der Waals surface area (Å²) in [6, 6.07) is 5.10. The molecule has 2 rings (SSSR count). The fourth-order valence-corrected chi connectivity index (χ4v) is 4.01. The number of benzene rings is 1. The van der Waals surface area contributed by atoms with Gasteiger partial charge in [0.15, 0.2) is 0 Å². The lowest BCUT2D eigenvalue weighted by molar-refractivity contribution is 0.288. The minimum atomic E-state index is -3.38. The van der Waals surface area contributed by atoms with Crippen molar-refractivity contribution in [2.24, 2.45) is 11.7 Å². The summed E-state index contributed by atoms with van der Waals surface area (Å²) in [7, 11) is -3.38. The van der Waals surface area contributed by atoms with E-state index < -0.39 is 10.0 Å². The van der Waals surface area contributed by atoms with Gasteiger partial charge in [0.1, 0.15) is 0 Å². The van der Waals surface area contributed by atoms with Crippen molar-refractivity contribution >= 4 is 10.0 Å². The smallest absolute Gasteiger partial charge is 0.243 e. The number of rotatable bonds is 2. The molecule has 0 radical (unpaired) electrons. The molecule has 2 N–H and O–H groups in total. The Morgan fingerprint density at radius 3 is 2.57 bits per heavy atom. The number of nitrogens with zero attached hydrogens (tertiary/aromatic N) is 1. The minimum Gasteiger partial charge on any atom is -0.320 e. The Morgan fingerprint density at radius 2 is 2.00 bits per heavy atom. The van der Waals surface area contributed by atoms with Crippen LogP contribution in [0.3, 0.4) is 0 Å². The summed E-state index contributed by atoms with van der Waals surface area (Å²) in [5, 5.41) is 0.